The zero-order chi connectivity index (χ0) is 13.0. The van der Waals surface area contributed by atoms with E-state index in [1.165, 1.54) is 0 Å². The molecule has 2 aromatic rings. The largest absolute Gasteiger partial charge is 0.491 e. The van der Waals surface area contributed by atoms with Gasteiger partial charge in [0.25, 0.3) is 0 Å². The van der Waals surface area contributed by atoms with E-state index in [0.29, 0.717) is 5.69 Å². The van der Waals surface area contributed by atoms with Gasteiger partial charge in [-0.15, -0.1) is 0 Å². The first-order chi connectivity index (χ1) is 8.65. The van der Waals surface area contributed by atoms with E-state index in [9.17, 15) is 5.11 Å². The number of anilines is 1. The summed E-state index contributed by atoms with van der Waals surface area (Å²) in [5.41, 5.74) is 8.21. The van der Waals surface area contributed by atoms with Crippen LogP contribution in [0.2, 0.25) is 0 Å². The normalized spacial score (nSPS) is 12.1. The van der Waals surface area contributed by atoms with Gasteiger partial charge in [-0.05, 0) is 42.3 Å². The van der Waals surface area contributed by atoms with E-state index in [2.05, 4.69) is 0 Å². The summed E-state index contributed by atoms with van der Waals surface area (Å²) in [4.78, 5) is 0. The van der Waals surface area contributed by atoms with Gasteiger partial charge in [0.15, 0.2) is 0 Å². The maximum Gasteiger partial charge on any atom is 0.119 e. The minimum absolute atomic E-state index is 0.215. The van der Waals surface area contributed by atoms with Crippen molar-refractivity contribution in [2.75, 3.05) is 12.3 Å². The maximum absolute atomic E-state index is 10.00. The van der Waals surface area contributed by atoms with Crippen LogP contribution in [0.25, 0.3) is 0 Å². The number of benzene rings is 2. The lowest BCUT2D eigenvalue weighted by Gasteiger charge is -2.13. The third-order valence-electron chi connectivity index (χ3n) is 2.69. The Bertz CT molecular complexity index is 525. The van der Waals surface area contributed by atoms with Crippen molar-refractivity contribution in [1.29, 1.82) is 0 Å². The lowest BCUT2D eigenvalue weighted by Crippen LogP contribution is -2.10. The maximum atomic E-state index is 10.00. The van der Waals surface area contributed by atoms with Crippen molar-refractivity contribution in [1.82, 2.24) is 0 Å². The predicted molar refractivity (Wildman–Crippen MR) is 72.5 cm³/mol. The summed E-state index contributed by atoms with van der Waals surface area (Å²) in [6, 6.07) is 14.9. The van der Waals surface area contributed by atoms with Crippen molar-refractivity contribution in [3.05, 3.63) is 59.7 Å². The van der Waals surface area contributed by atoms with Crippen LogP contribution in [0.15, 0.2) is 48.5 Å². The molecular formula is C15H17NO2. The van der Waals surface area contributed by atoms with Gasteiger partial charge in [-0.1, -0.05) is 24.3 Å². The summed E-state index contributed by atoms with van der Waals surface area (Å²) in [5.74, 6) is 0.762. The lowest BCUT2D eigenvalue weighted by molar-refractivity contribution is 0.108. The smallest absolute Gasteiger partial charge is 0.119 e. The quantitative estimate of drug-likeness (QED) is 0.812. The number of aliphatic hydroxyl groups excluding tert-OH is 1. The molecular weight excluding hydrogens is 226 g/mol. The molecule has 0 fully saturated rings. The summed E-state index contributed by atoms with van der Waals surface area (Å²) in [7, 11) is 0. The van der Waals surface area contributed by atoms with E-state index in [0.717, 1.165) is 16.9 Å². The Balaban J connectivity index is 1.98. The fraction of sp³-hybridized carbons (Fsp3) is 0.200. The molecule has 0 saturated carbocycles. The molecule has 2 aromatic carbocycles. The summed E-state index contributed by atoms with van der Waals surface area (Å²) >= 11 is 0. The minimum atomic E-state index is -0.672. The van der Waals surface area contributed by atoms with Crippen LogP contribution in [0.5, 0.6) is 5.75 Å². The molecule has 0 aromatic heterocycles. The highest BCUT2D eigenvalue weighted by atomic mass is 16.5. The van der Waals surface area contributed by atoms with Crippen LogP contribution in [-0.4, -0.2) is 11.7 Å². The summed E-state index contributed by atoms with van der Waals surface area (Å²) in [6.45, 7) is 2.22. The number of nitrogens with two attached hydrogens (primary N) is 1. The van der Waals surface area contributed by atoms with E-state index in [1.807, 2.05) is 43.3 Å². The first kappa shape index (κ1) is 12.5. The Labute approximate surface area is 107 Å². The molecule has 0 heterocycles. The van der Waals surface area contributed by atoms with Gasteiger partial charge in [0.1, 0.15) is 18.5 Å². The van der Waals surface area contributed by atoms with Crippen molar-refractivity contribution in [2.24, 2.45) is 0 Å². The van der Waals surface area contributed by atoms with Gasteiger partial charge in [-0.25, -0.2) is 0 Å². The van der Waals surface area contributed by atoms with Crippen molar-refractivity contribution in [3.63, 3.8) is 0 Å². The van der Waals surface area contributed by atoms with Crippen molar-refractivity contribution < 1.29 is 9.84 Å². The number of nitrogen functional groups attached to an aromatic ring is 1. The van der Waals surface area contributed by atoms with Gasteiger partial charge < -0.3 is 15.6 Å². The molecule has 94 valence electrons. The number of hydrogen-bond acceptors (Lipinski definition) is 3. The van der Waals surface area contributed by atoms with Crippen LogP contribution in [0.1, 0.15) is 17.2 Å². The third-order valence-corrected chi connectivity index (χ3v) is 2.69. The first-order valence-electron chi connectivity index (χ1n) is 5.88. The molecule has 0 aliphatic rings. The van der Waals surface area contributed by atoms with E-state index >= 15 is 0 Å². The molecule has 2 rings (SSSR count). The van der Waals surface area contributed by atoms with Crippen LogP contribution in [0, 0.1) is 6.92 Å². The van der Waals surface area contributed by atoms with Crippen LogP contribution in [0.4, 0.5) is 5.69 Å². The average Bonchev–Trinajstić information content (AvgIpc) is 2.36. The van der Waals surface area contributed by atoms with Gasteiger partial charge in [0.05, 0.1) is 0 Å². The number of aliphatic hydroxyl groups is 1. The summed E-state index contributed by atoms with van der Waals surface area (Å²) < 4.78 is 5.55. The molecule has 3 heteroatoms. The molecule has 0 aliphatic carbocycles. The van der Waals surface area contributed by atoms with Gasteiger partial charge in [-0.3, -0.25) is 0 Å². The Morgan fingerprint density at radius 1 is 1.17 bits per heavy atom. The van der Waals surface area contributed by atoms with Gasteiger partial charge >= 0.3 is 0 Å². The van der Waals surface area contributed by atoms with E-state index < -0.39 is 6.10 Å². The van der Waals surface area contributed by atoms with Crippen molar-refractivity contribution in [2.45, 2.75) is 13.0 Å². The van der Waals surface area contributed by atoms with Gasteiger partial charge in [-0.2, -0.15) is 0 Å². The van der Waals surface area contributed by atoms with Crippen LogP contribution in [0.3, 0.4) is 0 Å². The van der Waals surface area contributed by atoms with Crippen LogP contribution >= 0.6 is 0 Å². The zero-order valence-electron chi connectivity index (χ0n) is 10.3. The second kappa shape index (κ2) is 5.56. The second-order valence-corrected chi connectivity index (χ2v) is 4.31. The predicted octanol–water partition coefficient (Wildman–Crippen LogP) is 2.69. The third kappa shape index (κ3) is 3.25. The summed E-state index contributed by atoms with van der Waals surface area (Å²) in [5, 5.41) is 10.00. The molecule has 0 spiro atoms. The number of aryl methyl sites for hydroxylation is 1. The Morgan fingerprint density at radius 3 is 2.67 bits per heavy atom. The number of hydrogen-bond donors (Lipinski definition) is 2. The fourth-order valence-corrected chi connectivity index (χ4v) is 1.74. The molecule has 3 N–H and O–H groups in total. The van der Waals surface area contributed by atoms with E-state index in [1.54, 1.807) is 12.1 Å². The van der Waals surface area contributed by atoms with Crippen molar-refractivity contribution in [3.8, 4) is 5.75 Å². The highest BCUT2D eigenvalue weighted by molar-refractivity contribution is 5.41. The highest BCUT2D eigenvalue weighted by Gasteiger charge is 2.08. The number of ether oxygens (including phenoxy) is 1. The highest BCUT2D eigenvalue weighted by Crippen LogP contribution is 2.18. The average molecular weight is 243 g/mol. The topological polar surface area (TPSA) is 55.5 Å². The second-order valence-electron chi connectivity index (χ2n) is 4.31. The minimum Gasteiger partial charge on any atom is -0.491 e. The van der Waals surface area contributed by atoms with Crippen molar-refractivity contribution >= 4 is 5.69 Å². The zero-order valence-corrected chi connectivity index (χ0v) is 10.3. The molecule has 0 radical (unpaired) electrons. The molecule has 18 heavy (non-hydrogen) atoms. The van der Waals surface area contributed by atoms with Crippen LogP contribution in [-0.2, 0) is 0 Å². The van der Waals surface area contributed by atoms with E-state index in [-0.39, 0.29) is 6.61 Å². The molecule has 0 aliphatic heterocycles. The molecule has 1 atom stereocenters. The lowest BCUT2D eigenvalue weighted by atomic mass is 10.1. The molecule has 0 amide bonds. The monoisotopic (exact) mass is 243 g/mol. The molecule has 1 unspecified atom stereocenters. The van der Waals surface area contributed by atoms with Crippen LogP contribution < -0.4 is 10.5 Å². The number of rotatable bonds is 4. The van der Waals surface area contributed by atoms with Gasteiger partial charge in [0.2, 0.25) is 0 Å². The molecule has 3 nitrogen and oxygen atoms in total. The Kier molecular flexibility index (Phi) is 3.85. The standard InChI is InChI=1S/C15H17NO2/c1-11-4-2-7-14(8-11)18-10-15(17)12-5-3-6-13(16)9-12/h2-9,15,17H,10,16H2,1H3. The van der Waals surface area contributed by atoms with Gasteiger partial charge in [0, 0.05) is 5.69 Å². The first-order valence-corrected chi connectivity index (χ1v) is 5.88. The fourth-order valence-electron chi connectivity index (χ4n) is 1.74. The Hall–Kier alpha value is -2.00. The SMILES string of the molecule is Cc1cccc(OCC(O)c2cccc(N)c2)c1. The van der Waals surface area contributed by atoms with E-state index in [4.69, 9.17) is 10.5 Å². The Morgan fingerprint density at radius 2 is 1.94 bits per heavy atom. The molecule has 0 bridgehead atoms. The molecule has 0 saturated heterocycles. The summed E-state index contributed by atoms with van der Waals surface area (Å²) in [6.07, 6.45) is -0.672.